The minimum atomic E-state index is -0.470. The fraction of sp³-hybridized carbons (Fsp3) is 0.750. The van der Waals surface area contributed by atoms with Gasteiger partial charge in [0.1, 0.15) is 5.60 Å². The summed E-state index contributed by atoms with van der Waals surface area (Å²) < 4.78 is 9.01. The van der Waals surface area contributed by atoms with E-state index in [-0.39, 0.29) is 12.1 Å². The molecule has 2 N–H and O–H groups in total. The Morgan fingerprint density at radius 1 is 1.53 bits per heavy atom. The van der Waals surface area contributed by atoms with E-state index in [1.54, 1.807) is 0 Å². The van der Waals surface area contributed by atoms with E-state index in [2.05, 4.69) is 20.2 Å². The summed E-state index contributed by atoms with van der Waals surface area (Å²) in [6, 6.07) is 0.0430. The van der Waals surface area contributed by atoms with E-state index in [4.69, 9.17) is 4.74 Å². The second-order valence-electron chi connectivity index (χ2n) is 5.28. The lowest BCUT2D eigenvalue weighted by atomic mass is 10.2. The molecule has 19 heavy (non-hydrogen) atoms. The molecule has 1 heterocycles. The first kappa shape index (κ1) is 15.8. The quantitative estimate of drug-likeness (QED) is 0.835. The van der Waals surface area contributed by atoms with Crippen molar-refractivity contribution < 1.29 is 9.53 Å². The van der Waals surface area contributed by atoms with Crippen molar-refractivity contribution in [3.63, 3.8) is 0 Å². The van der Waals surface area contributed by atoms with Crippen molar-refractivity contribution in [3.05, 3.63) is 11.1 Å². The van der Waals surface area contributed by atoms with Gasteiger partial charge in [0, 0.05) is 24.5 Å². The zero-order valence-corrected chi connectivity index (χ0v) is 12.7. The van der Waals surface area contributed by atoms with Crippen LogP contribution < -0.4 is 10.6 Å². The second-order valence-corrected chi connectivity index (χ2v) is 5.89. The first-order valence-corrected chi connectivity index (χ1v) is 7.20. The van der Waals surface area contributed by atoms with E-state index in [0.717, 1.165) is 12.1 Å². The van der Waals surface area contributed by atoms with Gasteiger partial charge in [-0.05, 0) is 38.7 Å². The third kappa shape index (κ3) is 7.07. The van der Waals surface area contributed by atoms with Gasteiger partial charge in [0.05, 0.1) is 5.69 Å². The summed E-state index contributed by atoms with van der Waals surface area (Å²) in [5.41, 5.74) is 0.444. The Hall–Kier alpha value is -1.21. The summed E-state index contributed by atoms with van der Waals surface area (Å²) >= 11 is 1.33. The lowest BCUT2D eigenvalue weighted by Crippen LogP contribution is -2.43. The van der Waals surface area contributed by atoms with Gasteiger partial charge in [-0.3, -0.25) is 0 Å². The van der Waals surface area contributed by atoms with Crippen LogP contribution in [0, 0.1) is 0 Å². The smallest absolute Gasteiger partial charge is 0.407 e. The molecule has 0 spiro atoms. The van der Waals surface area contributed by atoms with Crippen molar-refractivity contribution in [2.24, 2.45) is 0 Å². The molecule has 1 amide bonds. The number of carbonyl (C=O) groups is 1. The predicted octanol–water partition coefficient (Wildman–Crippen LogP) is 1.93. The van der Waals surface area contributed by atoms with Crippen LogP contribution in [-0.2, 0) is 11.3 Å². The van der Waals surface area contributed by atoms with Crippen molar-refractivity contribution in [2.45, 2.75) is 52.3 Å². The molecule has 0 radical (unpaired) electrons. The summed E-state index contributed by atoms with van der Waals surface area (Å²) in [4.78, 5) is 11.6. The van der Waals surface area contributed by atoms with Crippen LogP contribution in [0.4, 0.5) is 4.79 Å². The molecule has 1 aromatic rings. The van der Waals surface area contributed by atoms with E-state index in [1.807, 2.05) is 33.1 Å². The minimum Gasteiger partial charge on any atom is -0.444 e. The number of aromatic nitrogens is 2. The molecule has 0 fully saturated rings. The van der Waals surface area contributed by atoms with Crippen LogP contribution in [0.15, 0.2) is 5.38 Å². The fourth-order valence-corrected chi connectivity index (χ4v) is 1.86. The molecule has 0 saturated carbocycles. The number of carbonyl (C=O) groups excluding carboxylic acids is 1. The second kappa shape index (κ2) is 7.40. The highest BCUT2D eigenvalue weighted by molar-refractivity contribution is 7.03. The van der Waals surface area contributed by atoms with E-state index < -0.39 is 5.60 Å². The molecular formula is C12H22N4O2S. The SMILES string of the molecule is CCC(CNCc1csnn1)NC(=O)OC(C)(C)C. The normalized spacial score (nSPS) is 13.1. The number of alkyl carbamates (subject to hydrolysis) is 1. The number of nitrogens with one attached hydrogen (secondary N) is 2. The number of amides is 1. The maximum Gasteiger partial charge on any atom is 0.407 e. The highest BCUT2D eigenvalue weighted by Gasteiger charge is 2.18. The zero-order valence-electron chi connectivity index (χ0n) is 11.9. The molecule has 0 aromatic carbocycles. The van der Waals surface area contributed by atoms with Gasteiger partial charge in [0.25, 0.3) is 0 Å². The molecule has 108 valence electrons. The van der Waals surface area contributed by atoms with Gasteiger partial charge in [0.15, 0.2) is 0 Å². The molecule has 1 unspecified atom stereocenters. The van der Waals surface area contributed by atoms with Gasteiger partial charge in [-0.15, -0.1) is 5.10 Å². The van der Waals surface area contributed by atoms with Gasteiger partial charge < -0.3 is 15.4 Å². The third-order valence-corrected chi connectivity index (χ3v) is 2.87. The monoisotopic (exact) mass is 286 g/mol. The summed E-state index contributed by atoms with van der Waals surface area (Å²) in [5.74, 6) is 0. The Morgan fingerprint density at radius 3 is 2.79 bits per heavy atom. The van der Waals surface area contributed by atoms with E-state index in [9.17, 15) is 4.79 Å². The minimum absolute atomic E-state index is 0.0430. The largest absolute Gasteiger partial charge is 0.444 e. The average Bonchev–Trinajstić information content (AvgIpc) is 2.78. The Kier molecular flexibility index (Phi) is 6.17. The molecular weight excluding hydrogens is 264 g/mol. The van der Waals surface area contributed by atoms with Gasteiger partial charge in [0.2, 0.25) is 0 Å². The molecule has 7 heteroatoms. The Bertz CT molecular complexity index is 376. The van der Waals surface area contributed by atoms with E-state index in [0.29, 0.717) is 13.1 Å². The molecule has 0 bridgehead atoms. The van der Waals surface area contributed by atoms with Gasteiger partial charge >= 0.3 is 6.09 Å². The third-order valence-electron chi connectivity index (χ3n) is 2.32. The van der Waals surface area contributed by atoms with Crippen molar-refractivity contribution in [1.29, 1.82) is 0 Å². The predicted molar refractivity (Wildman–Crippen MR) is 75.1 cm³/mol. The fourth-order valence-electron chi connectivity index (χ4n) is 1.41. The van der Waals surface area contributed by atoms with Gasteiger partial charge in [-0.2, -0.15) is 0 Å². The highest BCUT2D eigenvalue weighted by atomic mass is 32.1. The molecule has 1 rings (SSSR count). The van der Waals surface area contributed by atoms with Crippen molar-refractivity contribution >= 4 is 17.6 Å². The zero-order chi connectivity index (χ0) is 14.3. The van der Waals surface area contributed by atoms with Crippen molar-refractivity contribution in [2.75, 3.05) is 6.54 Å². The summed E-state index contributed by atoms with van der Waals surface area (Å²) in [6.45, 7) is 8.90. The Balaban J connectivity index is 2.27. The summed E-state index contributed by atoms with van der Waals surface area (Å²) in [7, 11) is 0. The number of rotatable bonds is 6. The maximum absolute atomic E-state index is 11.6. The Labute approximate surface area is 118 Å². The van der Waals surface area contributed by atoms with E-state index >= 15 is 0 Å². The molecule has 0 aliphatic rings. The highest BCUT2D eigenvalue weighted by Crippen LogP contribution is 2.07. The summed E-state index contributed by atoms with van der Waals surface area (Å²) in [5, 5.41) is 11.9. The van der Waals surface area contributed by atoms with E-state index in [1.165, 1.54) is 11.5 Å². The lowest BCUT2D eigenvalue weighted by Gasteiger charge is -2.23. The van der Waals surface area contributed by atoms with Crippen LogP contribution in [0.1, 0.15) is 39.8 Å². The van der Waals surface area contributed by atoms with Gasteiger partial charge in [-0.25, -0.2) is 4.79 Å². The topological polar surface area (TPSA) is 76.1 Å². The first-order valence-electron chi connectivity index (χ1n) is 6.37. The van der Waals surface area contributed by atoms with Crippen molar-refractivity contribution in [1.82, 2.24) is 20.2 Å². The van der Waals surface area contributed by atoms with Gasteiger partial charge in [-0.1, -0.05) is 11.4 Å². The first-order chi connectivity index (χ1) is 8.90. The number of ether oxygens (including phenoxy) is 1. The van der Waals surface area contributed by atoms with Crippen LogP contribution in [0.25, 0.3) is 0 Å². The number of nitrogens with zero attached hydrogens (tertiary/aromatic N) is 2. The average molecular weight is 286 g/mol. The molecule has 6 nitrogen and oxygen atoms in total. The maximum atomic E-state index is 11.6. The summed E-state index contributed by atoms with van der Waals surface area (Å²) in [6.07, 6.45) is 0.457. The Morgan fingerprint density at radius 2 is 2.26 bits per heavy atom. The number of hydrogen-bond acceptors (Lipinski definition) is 6. The van der Waals surface area contributed by atoms with Crippen LogP contribution in [0.3, 0.4) is 0 Å². The molecule has 0 aliphatic heterocycles. The van der Waals surface area contributed by atoms with Crippen LogP contribution >= 0.6 is 11.5 Å². The van der Waals surface area contributed by atoms with Crippen LogP contribution in [0.5, 0.6) is 0 Å². The van der Waals surface area contributed by atoms with Crippen molar-refractivity contribution in [3.8, 4) is 0 Å². The molecule has 0 aliphatic carbocycles. The van der Waals surface area contributed by atoms with Crippen LogP contribution in [0.2, 0.25) is 0 Å². The van der Waals surface area contributed by atoms with Crippen LogP contribution in [-0.4, -0.2) is 33.9 Å². The molecule has 1 aromatic heterocycles. The molecule has 1 atom stereocenters. The molecule has 0 saturated heterocycles. The lowest BCUT2D eigenvalue weighted by molar-refractivity contribution is 0.0502. The number of hydrogen-bond donors (Lipinski definition) is 2. The standard InChI is InChI=1S/C12H22N4O2S/c1-5-9(14-11(17)18-12(2,3)4)6-13-7-10-8-19-16-15-10/h8-9,13H,5-7H2,1-4H3,(H,14,17).